The number of fused-ring (bicyclic) bond motifs is 7. The molecule has 25 atom stereocenters. The summed E-state index contributed by atoms with van der Waals surface area (Å²) in [6, 6.07) is 0. The standard InChI is InChI=1S/C46H74O17/c1-20(2)22-10-15-46(41(55)56)17-16-43(5)23(29(22)46)8-9-26-42(4)13-12-28(45(7,57)27(42)11-14-44(26,43)6)61-40-37(31(50)24(48)19-58-40)63-39-35(54)36(30(49)21(3)59-39)62-38-34(53)33(52)32(51)25(18-47)60-38/h21-40,47-54,57H,1,8-19H2,2-7H3,(H,55,56)/t21-,22-,23+,24-,25+,26+,27+,28-,29+,30-,31-,32+,33-,34+,35+,36+,37+,38-,39-,40-,42+,43+,44+,45?,46-/m0/s1. The maximum atomic E-state index is 13.1. The van der Waals surface area contributed by atoms with Gasteiger partial charge in [-0.15, -0.1) is 0 Å². The molecule has 0 spiro atoms. The third kappa shape index (κ3) is 7.32. The van der Waals surface area contributed by atoms with Crippen LogP contribution >= 0.6 is 0 Å². The number of carboxylic acids is 1. The van der Waals surface area contributed by atoms with E-state index in [2.05, 4.69) is 34.3 Å². The van der Waals surface area contributed by atoms with Crippen LogP contribution in [0.4, 0.5) is 0 Å². The number of carboxylic acid groups (broad SMARTS) is 1. The van der Waals surface area contributed by atoms with Crippen LogP contribution in [0.25, 0.3) is 0 Å². The van der Waals surface area contributed by atoms with Crippen LogP contribution in [0.3, 0.4) is 0 Å². The molecule has 8 rings (SSSR count). The molecule has 5 saturated carbocycles. The predicted molar refractivity (Wildman–Crippen MR) is 220 cm³/mol. The van der Waals surface area contributed by atoms with Crippen LogP contribution in [0.5, 0.6) is 0 Å². The number of aliphatic hydroxyl groups excluding tert-OH is 8. The fourth-order valence-electron chi connectivity index (χ4n) is 15.3. The van der Waals surface area contributed by atoms with Gasteiger partial charge in [-0.2, -0.15) is 0 Å². The summed E-state index contributed by atoms with van der Waals surface area (Å²) in [5.41, 5.74) is -1.47. The molecular weight excluding hydrogens is 824 g/mol. The first kappa shape index (κ1) is 48.1. The lowest BCUT2D eigenvalue weighted by atomic mass is 9.33. The molecule has 360 valence electrons. The number of carbonyl (C=O) groups is 1. The summed E-state index contributed by atoms with van der Waals surface area (Å²) in [7, 11) is 0. The van der Waals surface area contributed by atoms with Gasteiger partial charge in [0.1, 0.15) is 61.0 Å². The van der Waals surface area contributed by atoms with Crippen molar-refractivity contribution >= 4 is 5.97 Å². The van der Waals surface area contributed by atoms with E-state index in [0.717, 1.165) is 50.5 Å². The third-order valence-electron chi connectivity index (χ3n) is 19.0. The number of allylic oxidation sites excluding steroid dienone is 1. The summed E-state index contributed by atoms with van der Waals surface area (Å²) in [6.45, 7) is 15.8. The van der Waals surface area contributed by atoms with Crippen LogP contribution < -0.4 is 0 Å². The van der Waals surface area contributed by atoms with Gasteiger partial charge >= 0.3 is 5.97 Å². The number of rotatable bonds is 9. The topological polar surface area (TPSA) is 275 Å². The molecule has 8 fully saturated rings. The Bertz CT molecular complexity index is 1700. The molecule has 0 amide bonds. The summed E-state index contributed by atoms with van der Waals surface area (Å²) in [5.74, 6) is -0.0805. The summed E-state index contributed by atoms with van der Waals surface area (Å²) in [5, 5.41) is 109. The van der Waals surface area contributed by atoms with E-state index >= 15 is 0 Å². The molecule has 0 aromatic rings. The van der Waals surface area contributed by atoms with E-state index in [4.69, 9.17) is 28.4 Å². The highest BCUT2D eigenvalue weighted by Crippen LogP contribution is 2.77. The van der Waals surface area contributed by atoms with Gasteiger partial charge in [0.15, 0.2) is 18.9 Å². The molecule has 3 heterocycles. The average Bonchev–Trinajstić information content (AvgIpc) is 3.64. The Morgan fingerprint density at radius 1 is 0.698 bits per heavy atom. The highest BCUT2D eigenvalue weighted by atomic mass is 16.8. The van der Waals surface area contributed by atoms with E-state index in [9.17, 15) is 55.9 Å². The highest BCUT2D eigenvalue weighted by Gasteiger charge is 2.72. The van der Waals surface area contributed by atoms with Crippen molar-refractivity contribution < 1.29 is 84.3 Å². The van der Waals surface area contributed by atoms with E-state index in [1.807, 2.05) is 0 Å². The van der Waals surface area contributed by atoms with Gasteiger partial charge in [0.05, 0.1) is 36.4 Å². The molecule has 0 aromatic heterocycles. The summed E-state index contributed by atoms with van der Waals surface area (Å²) in [6.07, 6.45) is -14.8. The summed E-state index contributed by atoms with van der Waals surface area (Å²) in [4.78, 5) is 13.1. The second-order valence-corrected chi connectivity index (χ2v) is 21.9. The molecule has 5 aliphatic carbocycles. The minimum absolute atomic E-state index is 0.0515. The second-order valence-electron chi connectivity index (χ2n) is 21.9. The van der Waals surface area contributed by atoms with Crippen molar-refractivity contribution in [2.75, 3.05) is 13.2 Å². The first-order valence-electron chi connectivity index (χ1n) is 23.4. The zero-order chi connectivity index (χ0) is 45.9. The van der Waals surface area contributed by atoms with Crippen LogP contribution in [0.15, 0.2) is 12.2 Å². The maximum absolute atomic E-state index is 13.1. The van der Waals surface area contributed by atoms with Gasteiger partial charge < -0.3 is 79.5 Å². The number of aliphatic hydroxyl groups is 9. The van der Waals surface area contributed by atoms with Crippen LogP contribution in [0.1, 0.15) is 106 Å². The third-order valence-corrected chi connectivity index (χ3v) is 19.0. The van der Waals surface area contributed by atoms with Crippen molar-refractivity contribution in [3.8, 4) is 0 Å². The molecule has 3 saturated heterocycles. The van der Waals surface area contributed by atoms with Crippen molar-refractivity contribution in [1.82, 2.24) is 0 Å². The van der Waals surface area contributed by atoms with Gasteiger partial charge in [0.25, 0.3) is 0 Å². The van der Waals surface area contributed by atoms with Gasteiger partial charge in [-0.05, 0) is 131 Å². The summed E-state index contributed by atoms with van der Waals surface area (Å²) >= 11 is 0. The van der Waals surface area contributed by atoms with Crippen LogP contribution in [0, 0.1) is 51.2 Å². The Hall–Kier alpha value is -1.39. The molecule has 17 nitrogen and oxygen atoms in total. The number of hydrogen-bond acceptors (Lipinski definition) is 16. The lowest BCUT2D eigenvalue weighted by Crippen LogP contribution is -2.69. The minimum Gasteiger partial charge on any atom is -0.481 e. The van der Waals surface area contributed by atoms with E-state index in [1.54, 1.807) is 6.92 Å². The summed E-state index contributed by atoms with van der Waals surface area (Å²) < 4.78 is 35.8. The normalized spacial score (nSPS) is 57.0. The van der Waals surface area contributed by atoms with Crippen molar-refractivity contribution in [1.29, 1.82) is 0 Å². The van der Waals surface area contributed by atoms with Crippen molar-refractivity contribution in [3.63, 3.8) is 0 Å². The zero-order valence-corrected chi connectivity index (χ0v) is 37.6. The Balaban J connectivity index is 0.989. The quantitative estimate of drug-likeness (QED) is 0.114. The monoisotopic (exact) mass is 898 g/mol. The van der Waals surface area contributed by atoms with Crippen molar-refractivity contribution in [2.24, 2.45) is 51.2 Å². The molecule has 63 heavy (non-hydrogen) atoms. The highest BCUT2D eigenvalue weighted by molar-refractivity contribution is 5.76. The van der Waals surface area contributed by atoms with Gasteiger partial charge in [-0.1, -0.05) is 32.9 Å². The molecule has 0 bridgehead atoms. The zero-order valence-electron chi connectivity index (χ0n) is 37.6. The predicted octanol–water partition coefficient (Wildman–Crippen LogP) is 0.954. The van der Waals surface area contributed by atoms with Crippen molar-refractivity contribution in [3.05, 3.63) is 12.2 Å². The fraction of sp³-hybridized carbons (Fsp3) is 0.935. The van der Waals surface area contributed by atoms with Crippen LogP contribution in [-0.2, 0) is 33.2 Å². The second kappa shape index (κ2) is 17.0. The SMILES string of the molecule is C=C(C)[C@@H]1CC[C@]2(C(=O)O)CC[C@]3(C)[C@H](CC[C@@H]4[C@@]5(C)CC[C@H](O[C@@H]6OC[C@H](O)[C@H](O)[C@H]6O[C@@H]6O[C@@H](C)[C@H](O)[C@@H](O[C@@H]7O[C@H](CO)[C@@H](O)[C@H](O)[C@H]7O)[C@H]6O)C(C)(O)[C@@H]5CC[C@]43C)[C@@H]12. The molecule has 3 aliphatic heterocycles. The van der Waals surface area contributed by atoms with E-state index < -0.39 is 116 Å². The van der Waals surface area contributed by atoms with E-state index in [1.165, 1.54) is 6.92 Å². The van der Waals surface area contributed by atoms with Crippen molar-refractivity contribution in [2.45, 2.75) is 203 Å². The minimum atomic E-state index is -1.82. The average molecular weight is 899 g/mol. The molecule has 17 heteroatoms. The largest absolute Gasteiger partial charge is 0.481 e. The number of aliphatic carboxylic acids is 1. The maximum Gasteiger partial charge on any atom is 0.309 e. The van der Waals surface area contributed by atoms with E-state index in [-0.39, 0.29) is 52.4 Å². The van der Waals surface area contributed by atoms with Crippen LogP contribution in [-0.4, -0.2) is 168 Å². The van der Waals surface area contributed by atoms with Gasteiger partial charge in [0, 0.05) is 0 Å². The molecule has 8 aliphatic rings. The molecular formula is C46H74O17. The Morgan fingerprint density at radius 3 is 2.05 bits per heavy atom. The molecule has 0 radical (unpaired) electrons. The molecule has 1 unspecified atom stereocenters. The molecule has 0 aromatic carbocycles. The van der Waals surface area contributed by atoms with Gasteiger partial charge in [-0.3, -0.25) is 4.79 Å². The lowest BCUT2D eigenvalue weighted by molar-refractivity contribution is -0.384. The Morgan fingerprint density at radius 2 is 1.38 bits per heavy atom. The van der Waals surface area contributed by atoms with Crippen LogP contribution in [0.2, 0.25) is 0 Å². The fourth-order valence-corrected chi connectivity index (χ4v) is 15.3. The van der Waals surface area contributed by atoms with E-state index in [0.29, 0.717) is 19.3 Å². The molecule has 10 N–H and O–H groups in total. The number of ether oxygens (including phenoxy) is 6. The first-order chi connectivity index (χ1) is 29.5. The smallest absolute Gasteiger partial charge is 0.309 e. The van der Waals surface area contributed by atoms with Gasteiger partial charge in [-0.25, -0.2) is 0 Å². The van der Waals surface area contributed by atoms with Gasteiger partial charge in [0.2, 0.25) is 0 Å². The Kier molecular flexibility index (Phi) is 13.0. The number of hydrogen-bond donors (Lipinski definition) is 10. The lowest BCUT2D eigenvalue weighted by Gasteiger charge is -2.72. The first-order valence-corrected chi connectivity index (χ1v) is 23.4. The Labute approximate surface area is 369 Å².